The van der Waals surface area contributed by atoms with Crippen LogP contribution in [0.4, 0.5) is 0 Å². The third-order valence-electron chi connectivity index (χ3n) is 3.86. The van der Waals surface area contributed by atoms with Crippen LogP contribution in [0.25, 0.3) is 11.4 Å². The van der Waals surface area contributed by atoms with Crippen LogP contribution in [0, 0.1) is 6.92 Å². The van der Waals surface area contributed by atoms with Crippen LogP contribution < -0.4 is 10.6 Å². The molecule has 0 saturated carbocycles. The maximum atomic E-state index is 5.91. The average Bonchev–Trinajstić information content (AvgIpc) is 3.15. The molecular formula is C20H22ClN5O. The molecule has 1 aromatic heterocycles. The van der Waals surface area contributed by atoms with Gasteiger partial charge in [-0.05, 0) is 43.7 Å². The van der Waals surface area contributed by atoms with Gasteiger partial charge in [-0.2, -0.15) is 4.98 Å². The van der Waals surface area contributed by atoms with Crippen LogP contribution >= 0.6 is 11.6 Å². The summed E-state index contributed by atoms with van der Waals surface area (Å²) in [6, 6.07) is 15.6. The van der Waals surface area contributed by atoms with E-state index in [9.17, 15) is 0 Å². The number of halogens is 1. The van der Waals surface area contributed by atoms with Gasteiger partial charge in [-0.15, -0.1) is 0 Å². The van der Waals surface area contributed by atoms with Crippen LogP contribution in [0.5, 0.6) is 0 Å². The molecule has 140 valence electrons. The van der Waals surface area contributed by atoms with Crippen molar-refractivity contribution in [3.05, 3.63) is 70.6 Å². The summed E-state index contributed by atoms with van der Waals surface area (Å²) in [5, 5.41) is 11.1. The van der Waals surface area contributed by atoms with Gasteiger partial charge in [-0.25, -0.2) is 4.99 Å². The minimum atomic E-state index is 0.389. The van der Waals surface area contributed by atoms with Gasteiger partial charge in [0.05, 0.1) is 13.1 Å². The molecule has 2 N–H and O–H groups in total. The summed E-state index contributed by atoms with van der Waals surface area (Å²) in [5.74, 6) is 1.72. The van der Waals surface area contributed by atoms with E-state index in [1.165, 1.54) is 5.56 Å². The molecule has 0 spiro atoms. The van der Waals surface area contributed by atoms with E-state index in [-0.39, 0.29) is 0 Å². The summed E-state index contributed by atoms with van der Waals surface area (Å²) in [7, 11) is 0. The zero-order valence-corrected chi connectivity index (χ0v) is 16.1. The number of nitrogens with zero attached hydrogens (tertiary/aromatic N) is 3. The van der Waals surface area contributed by atoms with Crippen LogP contribution in [-0.2, 0) is 13.1 Å². The molecule has 0 bridgehead atoms. The van der Waals surface area contributed by atoms with E-state index in [2.05, 4.69) is 57.0 Å². The molecule has 0 unspecified atom stereocenters. The molecular weight excluding hydrogens is 362 g/mol. The molecule has 0 aliphatic heterocycles. The largest absolute Gasteiger partial charge is 0.357 e. The number of nitrogens with one attached hydrogen (secondary N) is 2. The van der Waals surface area contributed by atoms with Crippen molar-refractivity contribution in [1.29, 1.82) is 0 Å². The van der Waals surface area contributed by atoms with Gasteiger partial charge in [0.15, 0.2) is 5.96 Å². The van der Waals surface area contributed by atoms with Crippen molar-refractivity contribution < 1.29 is 4.52 Å². The first-order valence-electron chi connectivity index (χ1n) is 8.80. The highest BCUT2D eigenvalue weighted by molar-refractivity contribution is 6.30. The fourth-order valence-corrected chi connectivity index (χ4v) is 2.53. The molecule has 0 radical (unpaired) electrons. The van der Waals surface area contributed by atoms with Gasteiger partial charge in [0.25, 0.3) is 0 Å². The number of rotatable bonds is 6. The normalized spacial score (nSPS) is 11.4. The number of aryl methyl sites for hydroxylation is 1. The summed E-state index contributed by atoms with van der Waals surface area (Å²) in [6.45, 7) is 5.84. The Morgan fingerprint density at radius 1 is 1.07 bits per heavy atom. The molecule has 1 heterocycles. The van der Waals surface area contributed by atoms with E-state index < -0.39 is 0 Å². The SMILES string of the molecule is CCNC(=NCc1ccc(C)cc1)NCc1nc(-c2ccc(Cl)cc2)no1. The Morgan fingerprint density at radius 2 is 1.81 bits per heavy atom. The maximum Gasteiger partial charge on any atom is 0.246 e. The molecule has 7 heteroatoms. The topological polar surface area (TPSA) is 75.3 Å². The van der Waals surface area contributed by atoms with Crippen LogP contribution in [0.3, 0.4) is 0 Å². The van der Waals surface area contributed by atoms with Crippen molar-refractivity contribution >= 4 is 17.6 Å². The van der Waals surface area contributed by atoms with Crippen molar-refractivity contribution in [3.8, 4) is 11.4 Å². The molecule has 0 amide bonds. The van der Waals surface area contributed by atoms with Crippen molar-refractivity contribution in [2.24, 2.45) is 4.99 Å². The lowest BCUT2D eigenvalue weighted by Crippen LogP contribution is -2.36. The Bertz CT molecular complexity index is 887. The molecule has 0 aliphatic rings. The van der Waals surface area contributed by atoms with Gasteiger partial charge in [-0.1, -0.05) is 46.6 Å². The number of guanidine groups is 1. The van der Waals surface area contributed by atoms with E-state index >= 15 is 0 Å². The fourth-order valence-electron chi connectivity index (χ4n) is 2.41. The summed E-state index contributed by atoms with van der Waals surface area (Å²) < 4.78 is 5.31. The molecule has 6 nitrogen and oxygen atoms in total. The van der Waals surface area contributed by atoms with Gasteiger partial charge in [-0.3, -0.25) is 0 Å². The second-order valence-corrected chi connectivity index (χ2v) is 6.49. The molecule has 0 saturated heterocycles. The van der Waals surface area contributed by atoms with E-state index in [0.29, 0.717) is 35.8 Å². The Morgan fingerprint density at radius 3 is 2.52 bits per heavy atom. The molecule has 3 aromatic rings. The highest BCUT2D eigenvalue weighted by Gasteiger charge is 2.09. The van der Waals surface area contributed by atoms with E-state index in [0.717, 1.165) is 17.7 Å². The Labute approximate surface area is 163 Å². The number of hydrogen-bond donors (Lipinski definition) is 2. The van der Waals surface area contributed by atoms with Crippen molar-refractivity contribution in [2.75, 3.05) is 6.54 Å². The van der Waals surface area contributed by atoms with Gasteiger partial charge < -0.3 is 15.2 Å². The molecule has 0 atom stereocenters. The smallest absolute Gasteiger partial charge is 0.246 e. The Balaban J connectivity index is 1.61. The van der Waals surface area contributed by atoms with E-state index in [1.807, 2.05) is 19.1 Å². The number of aliphatic imine (C=N–C) groups is 1. The first-order chi connectivity index (χ1) is 13.1. The van der Waals surface area contributed by atoms with Crippen LogP contribution in [0.1, 0.15) is 23.9 Å². The summed E-state index contributed by atoms with van der Waals surface area (Å²) in [5.41, 5.74) is 3.25. The van der Waals surface area contributed by atoms with Crippen LogP contribution in [-0.4, -0.2) is 22.6 Å². The van der Waals surface area contributed by atoms with Gasteiger partial charge in [0.2, 0.25) is 11.7 Å². The van der Waals surface area contributed by atoms with E-state index in [4.69, 9.17) is 16.1 Å². The predicted octanol–water partition coefficient (Wildman–Crippen LogP) is 3.95. The number of hydrogen-bond acceptors (Lipinski definition) is 4. The Hall–Kier alpha value is -2.86. The van der Waals surface area contributed by atoms with Crippen molar-refractivity contribution in [2.45, 2.75) is 26.9 Å². The number of aromatic nitrogens is 2. The minimum absolute atomic E-state index is 0.389. The van der Waals surface area contributed by atoms with Crippen LogP contribution in [0.2, 0.25) is 5.02 Å². The monoisotopic (exact) mass is 383 g/mol. The van der Waals surface area contributed by atoms with Crippen molar-refractivity contribution in [1.82, 2.24) is 20.8 Å². The van der Waals surface area contributed by atoms with Crippen molar-refractivity contribution in [3.63, 3.8) is 0 Å². The fraction of sp³-hybridized carbons (Fsp3) is 0.250. The molecule has 0 fully saturated rings. The highest BCUT2D eigenvalue weighted by Crippen LogP contribution is 2.18. The van der Waals surface area contributed by atoms with Gasteiger partial charge in [0.1, 0.15) is 0 Å². The number of benzene rings is 2. The van der Waals surface area contributed by atoms with Crippen LogP contribution in [0.15, 0.2) is 58.0 Å². The minimum Gasteiger partial charge on any atom is -0.357 e. The molecule has 27 heavy (non-hydrogen) atoms. The quantitative estimate of drug-likeness (QED) is 0.498. The first-order valence-corrected chi connectivity index (χ1v) is 9.18. The molecule has 0 aliphatic carbocycles. The van der Waals surface area contributed by atoms with Gasteiger partial charge >= 0.3 is 0 Å². The van der Waals surface area contributed by atoms with E-state index in [1.54, 1.807) is 12.1 Å². The molecule has 3 rings (SSSR count). The second kappa shape index (κ2) is 9.19. The zero-order chi connectivity index (χ0) is 19.1. The zero-order valence-electron chi connectivity index (χ0n) is 15.4. The lowest BCUT2D eigenvalue weighted by Gasteiger charge is -2.09. The maximum absolute atomic E-state index is 5.91. The van der Waals surface area contributed by atoms with Gasteiger partial charge in [0, 0.05) is 17.1 Å². The Kier molecular flexibility index (Phi) is 6.44. The summed E-state index contributed by atoms with van der Waals surface area (Å²) >= 11 is 5.91. The predicted molar refractivity (Wildman–Crippen MR) is 108 cm³/mol. The third kappa shape index (κ3) is 5.56. The third-order valence-corrected chi connectivity index (χ3v) is 4.11. The summed E-state index contributed by atoms with van der Waals surface area (Å²) in [4.78, 5) is 9.00. The average molecular weight is 384 g/mol. The lowest BCUT2D eigenvalue weighted by molar-refractivity contribution is 0.375. The summed E-state index contributed by atoms with van der Waals surface area (Å²) in [6.07, 6.45) is 0. The molecule has 2 aromatic carbocycles. The first kappa shape index (κ1) is 18.9. The lowest BCUT2D eigenvalue weighted by atomic mass is 10.1. The highest BCUT2D eigenvalue weighted by atomic mass is 35.5. The standard InChI is InChI=1S/C20H22ClN5O/c1-3-22-20(23-12-15-6-4-14(2)5-7-15)24-13-18-25-19(26-27-18)16-8-10-17(21)11-9-16/h4-11H,3,12-13H2,1-2H3,(H2,22,23,24). The second-order valence-electron chi connectivity index (χ2n) is 6.05.